The standard InChI is InChI=1S/C12H13ClO2/c1-2-15-12(14)11-7-10(11)8-3-5-9(13)6-4-8/h3-6,10-11H,2,7H2,1H3/t10-,11?/m1/s1. The summed E-state index contributed by atoms with van der Waals surface area (Å²) in [6, 6.07) is 7.67. The highest BCUT2D eigenvalue weighted by Gasteiger charge is 2.44. The fourth-order valence-corrected chi connectivity index (χ4v) is 1.91. The molecule has 1 aliphatic carbocycles. The molecule has 2 rings (SSSR count). The number of carbonyl (C=O) groups is 1. The number of benzene rings is 1. The molecule has 0 saturated heterocycles. The second-order valence-corrected chi connectivity index (χ2v) is 4.19. The van der Waals surface area contributed by atoms with Gasteiger partial charge in [0.05, 0.1) is 12.5 Å². The van der Waals surface area contributed by atoms with Gasteiger partial charge >= 0.3 is 5.97 Å². The van der Waals surface area contributed by atoms with E-state index >= 15 is 0 Å². The molecule has 80 valence electrons. The normalized spacial score (nSPS) is 23.6. The van der Waals surface area contributed by atoms with E-state index < -0.39 is 0 Å². The summed E-state index contributed by atoms with van der Waals surface area (Å²) in [5.41, 5.74) is 1.18. The first-order chi connectivity index (χ1) is 7.22. The van der Waals surface area contributed by atoms with Crippen molar-refractivity contribution >= 4 is 17.6 Å². The van der Waals surface area contributed by atoms with Crippen LogP contribution in [0.2, 0.25) is 5.02 Å². The van der Waals surface area contributed by atoms with Crippen molar-refractivity contribution in [3.8, 4) is 0 Å². The molecule has 0 radical (unpaired) electrons. The topological polar surface area (TPSA) is 26.3 Å². The van der Waals surface area contributed by atoms with Crippen LogP contribution in [0.25, 0.3) is 0 Å². The predicted molar refractivity (Wildman–Crippen MR) is 58.9 cm³/mol. The van der Waals surface area contributed by atoms with Crippen molar-refractivity contribution in [2.75, 3.05) is 6.61 Å². The Morgan fingerprint density at radius 1 is 1.47 bits per heavy atom. The van der Waals surface area contributed by atoms with Gasteiger partial charge in [-0.2, -0.15) is 0 Å². The molecule has 1 unspecified atom stereocenters. The molecule has 1 aliphatic rings. The van der Waals surface area contributed by atoms with Gasteiger partial charge in [0.2, 0.25) is 0 Å². The third-order valence-corrected chi connectivity index (χ3v) is 2.93. The zero-order chi connectivity index (χ0) is 10.8. The quantitative estimate of drug-likeness (QED) is 0.738. The maximum Gasteiger partial charge on any atom is 0.309 e. The molecule has 0 aromatic heterocycles. The number of halogens is 1. The summed E-state index contributed by atoms with van der Waals surface area (Å²) in [5, 5.41) is 0.729. The van der Waals surface area contributed by atoms with E-state index in [0.717, 1.165) is 11.4 Å². The number of carbonyl (C=O) groups excluding carboxylic acids is 1. The zero-order valence-electron chi connectivity index (χ0n) is 8.57. The third-order valence-electron chi connectivity index (χ3n) is 2.68. The third kappa shape index (κ3) is 2.32. The van der Waals surface area contributed by atoms with Crippen LogP contribution < -0.4 is 0 Å². The highest BCUT2D eigenvalue weighted by molar-refractivity contribution is 6.30. The van der Waals surface area contributed by atoms with Crippen LogP contribution in [0.15, 0.2) is 24.3 Å². The summed E-state index contributed by atoms with van der Waals surface area (Å²) in [6.07, 6.45) is 0.903. The van der Waals surface area contributed by atoms with Crippen LogP contribution in [0, 0.1) is 5.92 Å². The number of hydrogen-bond acceptors (Lipinski definition) is 2. The van der Waals surface area contributed by atoms with Crippen LogP contribution >= 0.6 is 11.6 Å². The lowest BCUT2D eigenvalue weighted by molar-refractivity contribution is -0.144. The van der Waals surface area contributed by atoms with Gasteiger partial charge in [0.15, 0.2) is 0 Å². The Morgan fingerprint density at radius 2 is 2.13 bits per heavy atom. The minimum absolute atomic E-state index is 0.0612. The minimum Gasteiger partial charge on any atom is -0.466 e. The molecule has 15 heavy (non-hydrogen) atoms. The number of esters is 1. The van der Waals surface area contributed by atoms with Gasteiger partial charge in [-0.1, -0.05) is 23.7 Å². The van der Waals surface area contributed by atoms with E-state index in [1.807, 2.05) is 31.2 Å². The molecular weight excluding hydrogens is 212 g/mol. The molecule has 1 saturated carbocycles. The van der Waals surface area contributed by atoms with E-state index in [-0.39, 0.29) is 11.9 Å². The number of rotatable bonds is 3. The van der Waals surface area contributed by atoms with Crippen molar-refractivity contribution in [1.82, 2.24) is 0 Å². The van der Waals surface area contributed by atoms with Crippen LogP contribution in [0.5, 0.6) is 0 Å². The Morgan fingerprint density at radius 3 is 2.73 bits per heavy atom. The molecule has 0 amide bonds. The fourth-order valence-electron chi connectivity index (χ4n) is 1.78. The molecule has 1 fully saturated rings. The van der Waals surface area contributed by atoms with Crippen molar-refractivity contribution in [3.63, 3.8) is 0 Å². The summed E-state index contributed by atoms with van der Waals surface area (Å²) in [5.74, 6) is 0.324. The summed E-state index contributed by atoms with van der Waals surface area (Å²) in [4.78, 5) is 11.4. The zero-order valence-corrected chi connectivity index (χ0v) is 9.33. The Balaban J connectivity index is 1.98. The molecule has 3 heteroatoms. The molecule has 0 heterocycles. The van der Waals surface area contributed by atoms with Crippen molar-refractivity contribution in [2.24, 2.45) is 5.92 Å². The summed E-state index contributed by atoms with van der Waals surface area (Å²) in [6.45, 7) is 2.29. The SMILES string of the molecule is CCOC(=O)C1C[C@@H]1c1ccc(Cl)cc1. The molecule has 0 spiro atoms. The van der Waals surface area contributed by atoms with E-state index in [4.69, 9.17) is 16.3 Å². The minimum atomic E-state index is -0.0718. The monoisotopic (exact) mass is 224 g/mol. The second-order valence-electron chi connectivity index (χ2n) is 3.75. The lowest BCUT2D eigenvalue weighted by Crippen LogP contribution is -2.07. The van der Waals surface area contributed by atoms with Crippen molar-refractivity contribution < 1.29 is 9.53 Å². The molecule has 0 N–H and O–H groups in total. The Hall–Kier alpha value is -1.02. The first kappa shape index (κ1) is 10.5. The maximum absolute atomic E-state index is 11.4. The lowest BCUT2D eigenvalue weighted by atomic mass is 10.1. The molecule has 2 nitrogen and oxygen atoms in total. The van der Waals surface area contributed by atoms with Crippen LogP contribution in [0.4, 0.5) is 0 Å². The lowest BCUT2D eigenvalue weighted by Gasteiger charge is -2.01. The largest absolute Gasteiger partial charge is 0.466 e. The smallest absolute Gasteiger partial charge is 0.309 e. The summed E-state index contributed by atoms with van der Waals surface area (Å²) in [7, 11) is 0. The van der Waals surface area contributed by atoms with Crippen LogP contribution in [0.3, 0.4) is 0 Å². The Labute approximate surface area is 94.2 Å². The van der Waals surface area contributed by atoms with Gasteiger partial charge in [-0.15, -0.1) is 0 Å². The average Bonchev–Trinajstić information content (AvgIpc) is 2.99. The molecule has 0 bridgehead atoms. The van der Waals surface area contributed by atoms with E-state index in [1.54, 1.807) is 0 Å². The number of ether oxygens (including phenoxy) is 1. The van der Waals surface area contributed by atoms with E-state index in [1.165, 1.54) is 5.56 Å². The van der Waals surface area contributed by atoms with Crippen molar-refractivity contribution in [2.45, 2.75) is 19.3 Å². The van der Waals surface area contributed by atoms with Gasteiger partial charge in [0.25, 0.3) is 0 Å². The van der Waals surface area contributed by atoms with Crippen LogP contribution in [-0.2, 0) is 9.53 Å². The van der Waals surface area contributed by atoms with E-state index in [9.17, 15) is 4.79 Å². The van der Waals surface area contributed by atoms with Gasteiger partial charge < -0.3 is 4.74 Å². The molecule has 1 aromatic rings. The molecule has 2 atom stereocenters. The molecule has 0 aliphatic heterocycles. The Kier molecular flexibility index (Phi) is 2.96. The van der Waals surface area contributed by atoms with Crippen LogP contribution in [0.1, 0.15) is 24.8 Å². The van der Waals surface area contributed by atoms with Gasteiger partial charge in [0.1, 0.15) is 0 Å². The Bertz CT molecular complexity index is 358. The molecule has 1 aromatic carbocycles. The van der Waals surface area contributed by atoms with E-state index in [2.05, 4.69) is 0 Å². The second kappa shape index (κ2) is 4.23. The highest BCUT2D eigenvalue weighted by Crippen LogP contribution is 2.48. The molecular formula is C12H13ClO2. The first-order valence-electron chi connectivity index (χ1n) is 5.14. The highest BCUT2D eigenvalue weighted by atomic mass is 35.5. The van der Waals surface area contributed by atoms with E-state index in [0.29, 0.717) is 12.5 Å². The van der Waals surface area contributed by atoms with Gasteiger partial charge in [-0.05, 0) is 37.0 Å². The average molecular weight is 225 g/mol. The summed E-state index contributed by atoms with van der Waals surface area (Å²) >= 11 is 5.79. The van der Waals surface area contributed by atoms with Crippen LogP contribution in [-0.4, -0.2) is 12.6 Å². The maximum atomic E-state index is 11.4. The van der Waals surface area contributed by atoms with Crippen molar-refractivity contribution in [1.29, 1.82) is 0 Å². The first-order valence-corrected chi connectivity index (χ1v) is 5.52. The summed E-state index contributed by atoms with van der Waals surface area (Å²) < 4.78 is 4.98. The van der Waals surface area contributed by atoms with Gasteiger partial charge in [-0.3, -0.25) is 4.79 Å². The van der Waals surface area contributed by atoms with Gasteiger partial charge in [0, 0.05) is 5.02 Å². The van der Waals surface area contributed by atoms with Crippen molar-refractivity contribution in [3.05, 3.63) is 34.9 Å². The number of hydrogen-bond donors (Lipinski definition) is 0. The fraction of sp³-hybridized carbons (Fsp3) is 0.417. The van der Waals surface area contributed by atoms with Gasteiger partial charge in [-0.25, -0.2) is 0 Å². The predicted octanol–water partition coefficient (Wildman–Crippen LogP) is 3.01.